The van der Waals surface area contributed by atoms with Crippen molar-refractivity contribution in [2.24, 2.45) is 0 Å². The first-order chi connectivity index (χ1) is 17.1. The van der Waals surface area contributed by atoms with E-state index in [1.165, 1.54) is 0 Å². The summed E-state index contributed by atoms with van der Waals surface area (Å²) in [5.41, 5.74) is 0.151. The first-order valence-electron chi connectivity index (χ1n) is 14.6. The van der Waals surface area contributed by atoms with Gasteiger partial charge in [0.2, 0.25) is 17.2 Å². The molecule has 2 aliphatic heterocycles. The summed E-state index contributed by atoms with van der Waals surface area (Å²) in [5, 5.41) is 7.95. The van der Waals surface area contributed by atoms with Crippen LogP contribution in [0.5, 0.6) is 0 Å². The van der Waals surface area contributed by atoms with Crippen LogP contribution in [0.4, 0.5) is 11.9 Å². The smallest absolute Gasteiger partial charge is 0.231 e. The van der Waals surface area contributed by atoms with Crippen LogP contribution < -0.4 is 20.4 Å². The average Bonchev–Trinajstić information content (AvgIpc) is 2.69. The number of piperidine rings is 2. The van der Waals surface area contributed by atoms with Gasteiger partial charge in [-0.1, -0.05) is 26.7 Å². The van der Waals surface area contributed by atoms with Crippen molar-refractivity contribution in [2.45, 2.75) is 155 Å². The van der Waals surface area contributed by atoms with Gasteiger partial charge >= 0.3 is 0 Å². The van der Waals surface area contributed by atoms with Gasteiger partial charge < -0.3 is 20.4 Å². The third kappa shape index (κ3) is 8.40. The Morgan fingerprint density at radius 3 is 1.27 bits per heavy atom. The number of hydrogen-bond acceptors (Lipinski definition) is 7. The molecule has 1 aromatic rings. The van der Waals surface area contributed by atoms with E-state index in [4.69, 9.17) is 26.6 Å². The predicted molar refractivity (Wildman–Crippen MR) is 158 cm³/mol. The Hall–Kier alpha value is -1.18. The lowest BCUT2D eigenvalue weighted by Crippen LogP contribution is -2.63. The number of hydrogen-bond donors (Lipinski definition) is 2. The summed E-state index contributed by atoms with van der Waals surface area (Å²) >= 11 is 6.67. The van der Waals surface area contributed by atoms with Gasteiger partial charge in [-0.2, -0.15) is 15.0 Å². The molecule has 0 amide bonds. The first kappa shape index (κ1) is 30.4. The van der Waals surface area contributed by atoms with Crippen LogP contribution in [0.2, 0.25) is 5.28 Å². The highest BCUT2D eigenvalue weighted by Crippen LogP contribution is 2.36. The lowest BCUT2D eigenvalue weighted by Gasteiger charge is -2.50. The van der Waals surface area contributed by atoms with Crippen molar-refractivity contribution in [3.63, 3.8) is 0 Å². The minimum atomic E-state index is 0.0377. The Morgan fingerprint density at radius 2 is 0.973 bits per heavy atom. The molecule has 37 heavy (non-hydrogen) atoms. The van der Waals surface area contributed by atoms with Crippen LogP contribution in [0.1, 0.15) is 121 Å². The zero-order valence-corrected chi connectivity index (χ0v) is 26.1. The minimum Gasteiger partial charge on any atom is -0.338 e. The Kier molecular flexibility index (Phi) is 9.45. The molecule has 3 heterocycles. The first-order valence-corrected chi connectivity index (χ1v) is 15.0. The maximum atomic E-state index is 6.67. The fourth-order valence-corrected chi connectivity index (χ4v) is 7.26. The molecule has 2 aliphatic rings. The standard InChI is InChI=1S/C29H54ClN7/c1-11-13-15-36(21-17-26(3,4)34-27(5,6)18-21)24-31-23(30)32-25(33-24)37(16-14-12-2)22-19-28(7,8)35-29(9,10)20-22/h21-22,34-35H,11-20H2,1-10H3. The molecule has 0 bridgehead atoms. The summed E-state index contributed by atoms with van der Waals surface area (Å²) in [5.74, 6) is 1.46. The van der Waals surface area contributed by atoms with Crippen LogP contribution in [0.15, 0.2) is 0 Å². The summed E-state index contributed by atoms with van der Waals surface area (Å²) in [7, 11) is 0. The molecule has 2 fully saturated rings. The second-order valence-electron chi connectivity index (χ2n) is 14.2. The number of halogens is 1. The highest BCUT2D eigenvalue weighted by molar-refractivity contribution is 6.28. The van der Waals surface area contributed by atoms with Gasteiger partial charge in [-0.15, -0.1) is 0 Å². The fraction of sp³-hybridized carbons (Fsp3) is 0.897. The van der Waals surface area contributed by atoms with Crippen LogP contribution in [-0.4, -0.2) is 62.3 Å². The lowest BCUT2D eigenvalue weighted by atomic mass is 9.79. The van der Waals surface area contributed by atoms with E-state index in [9.17, 15) is 0 Å². The largest absolute Gasteiger partial charge is 0.338 e. The van der Waals surface area contributed by atoms with Crippen molar-refractivity contribution in [2.75, 3.05) is 22.9 Å². The van der Waals surface area contributed by atoms with Crippen LogP contribution in [0.25, 0.3) is 0 Å². The van der Waals surface area contributed by atoms with Gasteiger partial charge in [0.05, 0.1) is 0 Å². The molecule has 0 aliphatic carbocycles. The molecular weight excluding hydrogens is 482 g/mol. The van der Waals surface area contributed by atoms with E-state index in [0.717, 1.165) is 76.4 Å². The quantitative estimate of drug-likeness (QED) is 0.361. The van der Waals surface area contributed by atoms with Crippen molar-refractivity contribution >= 4 is 23.5 Å². The number of nitrogens with zero attached hydrogens (tertiary/aromatic N) is 5. The minimum absolute atomic E-state index is 0.0377. The van der Waals surface area contributed by atoms with Crippen LogP contribution >= 0.6 is 11.6 Å². The highest BCUT2D eigenvalue weighted by atomic mass is 35.5. The van der Waals surface area contributed by atoms with E-state index in [0.29, 0.717) is 17.4 Å². The summed E-state index contributed by atoms with van der Waals surface area (Å²) in [6.45, 7) is 24.8. The zero-order valence-electron chi connectivity index (χ0n) is 25.3. The van der Waals surface area contributed by atoms with E-state index in [2.05, 4.69) is 89.7 Å². The Morgan fingerprint density at radius 1 is 0.649 bits per heavy atom. The van der Waals surface area contributed by atoms with E-state index >= 15 is 0 Å². The molecule has 3 rings (SSSR count). The van der Waals surface area contributed by atoms with Gasteiger partial charge in [-0.3, -0.25) is 0 Å². The SMILES string of the molecule is CCCCN(c1nc(Cl)nc(N(CCCC)C2CC(C)(C)NC(C)(C)C2)n1)C1CC(C)(C)NC(C)(C)C1. The second kappa shape index (κ2) is 11.5. The number of nitrogens with one attached hydrogen (secondary N) is 2. The van der Waals surface area contributed by atoms with Crippen molar-refractivity contribution in [3.8, 4) is 0 Å². The highest BCUT2D eigenvalue weighted by Gasteiger charge is 2.42. The van der Waals surface area contributed by atoms with Crippen molar-refractivity contribution in [1.29, 1.82) is 0 Å². The van der Waals surface area contributed by atoms with Crippen molar-refractivity contribution in [3.05, 3.63) is 5.28 Å². The lowest BCUT2D eigenvalue weighted by molar-refractivity contribution is 0.157. The molecule has 8 heteroatoms. The molecule has 0 atom stereocenters. The molecule has 1 aromatic heterocycles. The topological polar surface area (TPSA) is 69.2 Å². The monoisotopic (exact) mass is 535 g/mol. The van der Waals surface area contributed by atoms with Gasteiger partial charge in [0, 0.05) is 47.3 Å². The van der Waals surface area contributed by atoms with Crippen LogP contribution in [-0.2, 0) is 0 Å². The third-order valence-corrected chi connectivity index (χ3v) is 7.99. The number of anilines is 2. The van der Waals surface area contributed by atoms with Crippen molar-refractivity contribution < 1.29 is 0 Å². The molecule has 7 nitrogen and oxygen atoms in total. The normalized spacial score (nSPS) is 23.1. The van der Waals surface area contributed by atoms with Gasteiger partial charge in [0.1, 0.15) is 0 Å². The Labute approximate surface area is 231 Å². The maximum Gasteiger partial charge on any atom is 0.231 e. The van der Waals surface area contributed by atoms with E-state index < -0.39 is 0 Å². The number of unbranched alkanes of at least 4 members (excludes halogenated alkanes) is 2. The molecule has 0 unspecified atom stereocenters. The van der Waals surface area contributed by atoms with Crippen LogP contribution in [0, 0.1) is 0 Å². The van der Waals surface area contributed by atoms with Gasteiger partial charge in [0.25, 0.3) is 0 Å². The van der Waals surface area contributed by atoms with Gasteiger partial charge in [-0.05, 0) is 106 Å². The van der Waals surface area contributed by atoms with Crippen LogP contribution in [0.3, 0.4) is 0 Å². The van der Waals surface area contributed by atoms with Gasteiger partial charge in [0.15, 0.2) is 0 Å². The average molecular weight is 536 g/mol. The maximum absolute atomic E-state index is 6.67. The molecule has 212 valence electrons. The van der Waals surface area contributed by atoms with E-state index in [1.807, 2.05) is 0 Å². The third-order valence-electron chi connectivity index (χ3n) is 7.82. The second-order valence-corrected chi connectivity index (χ2v) is 14.5. The predicted octanol–water partition coefficient (Wildman–Crippen LogP) is 6.36. The zero-order chi connectivity index (χ0) is 27.6. The Bertz CT molecular complexity index is 798. The molecule has 0 saturated carbocycles. The summed E-state index contributed by atoms with van der Waals surface area (Å²) in [6, 6.07) is 0.676. The fourth-order valence-electron chi connectivity index (χ4n) is 7.11. The summed E-state index contributed by atoms with van der Waals surface area (Å²) < 4.78 is 0. The van der Waals surface area contributed by atoms with E-state index in [-0.39, 0.29) is 22.2 Å². The number of aromatic nitrogens is 3. The molecule has 0 radical (unpaired) electrons. The molecular formula is C29H54ClN7. The molecule has 2 N–H and O–H groups in total. The van der Waals surface area contributed by atoms with Crippen molar-refractivity contribution in [1.82, 2.24) is 25.6 Å². The molecule has 0 spiro atoms. The summed E-state index contributed by atoms with van der Waals surface area (Å²) in [4.78, 5) is 19.5. The number of rotatable bonds is 10. The summed E-state index contributed by atoms with van der Waals surface area (Å²) in [6.07, 6.45) is 8.59. The molecule has 2 saturated heterocycles. The van der Waals surface area contributed by atoms with E-state index in [1.54, 1.807) is 0 Å². The Balaban J connectivity index is 2.02. The molecule has 0 aromatic carbocycles. The van der Waals surface area contributed by atoms with Gasteiger partial charge in [-0.25, -0.2) is 0 Å².